The molecule has 0 heterocycles. The van der Waals surface area contributed by atoms with Crippen LogP contribution in [-0.4, -0.2) is 10.9 Å². The van der Waals surface area contributed by atoms with Gasteiger partial charge in [-0.05, 0) is 12.1 Å². The van der Waals surface area contributed by atoms with Crippen molar-refractivity contribution >= 4 is 46.2 Å². The first-order valence-electron chi connectivity index (χ1n) is 4.45. The molecule has 1 rings (SSSR count). The molecular formula is C11H9Cl2FOS. The monoisotopic (exact) mass is 278 g/mol. The highest BCUT2D eigenvalue weighted by atomic mass is 35.5. The lowest BCUT2D eigenvalue weighted by Crippen LogP contribution is -1.84. The number of benzene rings is 1. The standard InChI is InChI=1S/C11H9Cl2FOS/c1-7(15)16-4-2-3-9-10(12)5-8(14)6-11(9)13/h2-3,5-6H,4H2,1H3. The van der Waals surface area contributed by atoms with Crippen LogP contribution < -0.4 is 0 Å². The van der Waals surface area contributed by atoms with E-state index in [9.17, 15) is 9.18 Å². The molecule has 1 aromatic carbocycles. The van der Waals surface area contributed by atoms with Crippen LogP contribution in [0.3, 0.4) is 0 Å². The Kier molecular flexibility index (Phi) is 5.32. The SMILES string of the molecule is CC(=O)SCC=Cc1c(Cl)cc(F)cc1Cl. The van der Waals surface area contributed by atoms with Crippen LogP contribution in [0, 0.1) is 5.82 Å². The third-order valence-electron chi connectivity index (χ3n) is 1.71. The van der Waals surface area contributed by atoms with Gasteiger partial charge in [-0.3, -0.25) is 4.79 Å². The predicted octanol–water partition coefficient (Wildman–Crippen LogP) is 4.43. The second-order valence-electron chi connectivity index (χ2n) is 2.99. The van der Waals surface area contributed by atoms with E-state index in [1.807, 2.05) is 0 Å². The van der Waals surface area contributed by atoms with E-state index in [4.69, 9.17) is 23.2 Å². The Morgan fingerprint density at radius 2 is 2.00 bits per heavy atom. The molecule has 0 N–H and O–H groups in total. The molecule has 5 heteroatoms. The summed E-state index contributed by atoms with van der Waals surface area (Å²) in [6.07, 6.45) is 3.44. The lowest BCUT2D eigenvalue weighted by molar-refractivity contribution is -0.109. The largest absolute Gasteiger partial charge is 0.288 e. The number of thioether (sulfide) groups is 1. The van der Waals surface area contributed by atoms with Crippen molar-refractivity contribution in [3.8, 4) is 0 Å². The third kappa shape index (κ3) is 4.16. The van der Waals surface area contributed by atoms with Crippen molar-refractivity contribution in [2.45, 2.75) is 6.92 Å². The van der Waals surface area contributed by atoms with E-state index in [0.29, 0.717) is 11.3 Å². The summed E-state index contributed by atoms with van der Waals surface area (Å²) in [4.78, 5) is 10.7. The van der Waals surface area contributed by atoms with Crippen LogP contribution in [0.15, 0.2) is 18.2 Å². The van der Waals surface area contributed by atoms with Gasteiger partial charge < -0.3 is 0 Å². The van der Waals surface area contributed by atoms with Crippen LogP contribution in [0.5, 0.6) is 0 Å². The molecule has 0 aromatic heterocycles. The zero-order valence-electron chi connectivity index (χ0n) is 8.47. The minimum Gasteiger partial charge on any atom is -0.288 e. The fourth-order valence-electron chi connectivity index (χ4n) is 1.04. The molecule has 0 unspecified atom stereocenters. The number of carbonyl (C=O) groups excluding carboxylic acids is 1. The predicted molar refractivity (Wildman–Crippen MR) is 68.6 cm³/mol. The molecule has 0 aliphatic carbocycles. The van der Waals surface area contributed by atoms with Gasteiger partial charge in [0.1, 0.15) is 5.82 Å². The molecule has 0 spiro atoms. The molecule has 0 aliphatic rings. The van der Waals surface area contributed by atoms with Crippen LogP contribution in [-0.2, 0) is 4.79 Å². The quantitative estimate of drug-likeness (QED) is 0.814. The normalized spacial score (nSPS) is 11.0. The number of hydrogen-bond acceptors (Lipinski definition) is 2. The first-order valence-corrected chi connectivity index (χ1v) is 6.19. The van der Waals surface area contributed by atoms with Crippen molar-refractivity contribution in [1.82, 2.24) is 0 Å². The second-order valence-corrected chi connectivity index (χ2v) is 5.00. The molecule has 0 amide bonds. The minimum absolute atomic E-state index is 0.0425. The van der Waals surface area contributed by atoms with Crippen LogP contribution in [0.25, 0.3) is 6.08 Å². The molecule has 0 fully saturated rings. The molecule has 0 atom stereocenters. The van der Waals surface area contributed by atoms with Gasteiger partial charge in [-0.15, -0.1) is 0 Å². The highest BCUT2D eigenvalue weighted by Gasteiger charge is 2.05. The maximum Gasteiger partial charge on any atom is 0.186 e. The van der Waals surface area contributed by atoms with Crippen LogP contribution in [0.4, 0.5) is 4.39 Å². The van der Waals surface area contributed by atoms with Gasteiger partial charge in [-0.1, -0.05) is 47.1 Å². The van der Waals surface area contributed by atoms with Crippen molar-refractivity contribution in [1.29, 1.82) is 0 Å². The Hall–Kier alpha value is -0.510. The zero-order chi connectivity index (χ0) is 12.1. The number of halogens is 3. The summed E-state index contributed by atoms with van der Waals surface area (Å²) >= 11 is 12.8. The van der Waals surface area contributed by atoms with Crippen LogP contribution >= 0.6 is 35.0 Å². The molecule has 16 heavy (non-hydrogen) atoms. The summed E-state index contributed by atoms with van der Waals surface area (Å²) < 4.78 is 12.9. The first-order chi connectivity index (χ1) is 7.50. The summed E-state index contributed by atoms with van der Waals surface area (Å²) in [6, 6.07) is 2.40. The van der Waals surface area contributed by atoms with E-state index in [0.717, 1.165) is 0 Å². The molecule has 1 aromatic rings. The average molecular weight is 279 g/mol. The summed E-state index contributed by atoms with van der Waals surface area (Å²) in [5, 5.41) is 0.559. The van der Waals surface area contributed by atoms with Gasteiger partial charge in [0.15, 0.2) is 5.12 Å². The molecule has 0 bridgehead atoms. The average Bonchev–Trinajstić information content (AvgIpc) is 2.14. The molecule has 0 saturated carbocycles. The topological polar surface area (TPSA) is 17.1 Å². The van der Waals surface area contributed by atoms with Crippen molar-refractivity contribution in [2.24, 2.45) is 0 Å². The Morgan fingerprint density at radius 3 is 2.50 bits per heavy atom. The van der Waals surface area contributed by atoms with E-state index in [2.05, 4.69) is 0 Å². The van der Waals surface area contributed by atoms with Gasteiger partial charge in [0.05, 0.1) is 10.0 Å². The van der Waals surface area contributed by atoms with Crippen molar-refractivity contribution < 1.29 is 9.18 Å². The van der Waals surface area contributed by atoms with Gasteiger partial charge in [0.2, 0.25) is 0 Å². The second kappa shape index (κ2) is 6.28. The molecule has 86 valence electrons. The van der Waals surface area contributed by atoms with Gasteiger partial charge in [0.25, 0.3) is 0 Å². The van der Waals surface area contributed by atoms with E-state index in [1.54, 1.807) is 12.2 Å². The third-order valence-corrected chi connectivity index (χ3v) is 3.10. The highest BCUT2D eigenvalue weighted by Crippen LogP contribution is 2.27. The van der Waals surface area contributed by atoms with Crippen molar-refractivity contribution in [3.63, 3.8) is 0 Å². The molecule has 1 nitrogen and oxygen atoms in total. The fraction of sp³-hybridized carbons (Fsp3) is 0.182. The molecule has 0 saturated heterocycles. The lowest BCUT2D eigenvalue weighted by atomic mass is 10.2. The summed E-state index contributed by atoms with van der Waals surface area (Å²) in [5.41, 5.74) is 0.564. The van der Waals surface area contributed by atoms with E-state index >= 15 is 0 Å². The van der Waals surface area contributed by atoms with E-state index < -0.39 is 5.82 Å². The summed E-state index contributed by atoms with van der Waals surface area (Å²) in [7, 11) is 0. The zero-order valence-corrected chi connectivity index (χ0v) is 10.8. The van der Waals surface area contributed by atoms with Crippen LogP contribution in [0.2, 0.25) is 10.0 Å². The van der Waals surface area contributed by atoms with Gasteiger partial charge in [-0.25, -0.2) is 4.39 Å². The summed E-state index contributed by atoms with van der Waals surface area (Å²) in [5.74, 6) is 0.0737. The first kappa shape index (κ1) is 13.6. The van der Waals surface area contributed by atoms with Gasteiger partial charge >= 0.3 is 0 Å². The number of rotatable bonds is 3. The van der Waals surface area contributed by atoms with E-state index in [-0.39, 0.29) is 15.2 Å². The molecular weight excluding hydrogens is 270 g/mol. The highest BCUT2D eigenvalue weighted by molar-refractivity contribution is 8.13. The Labute approximate surface area is 108 Å². The van der Waals surface area contributed by atoms with E-state index in [1.165, 1.54) is 30.8 Å². The number of hydrogen-bond donors (Lipinski definition) is 0. The van der Waals surface area contributed by atoms with Gasteiger partial charge in [-0.2, -0.15) is 0 Å². The lowest BCUT2D eigenvalue weighted by Gasteiger charge is -2.01. The number of carbonyl (C=O) groups is 1. The molecule has 0 aliphatic heterocycles. The minimum atomic E-state index is -0.467. The Bertz CT molecular complexity index is 409. The molecule has 0 radical (unpaired) electrons. The summed E-state index contributed by atoms with van der Waals surface area (Å²) in [6.45, 7) is 1.50. The maximum atomic E-state index is 12.9. The maximum absolute atomic E-state index is 12.9. The smallest absolute Gasteiger partial charge is 0.186 e. The van der Waals surface area contributed by atoms with Crippen molar-refractivity contribution in [3.05, 3.63) is 39.6 Å². The van der Waals surface area contributed by atoms with Crippen LogP contribution in [0.1, 0.15) is 12.5 Å². The van der Waals surface area contributed by atoms with Gasteiger partial charge in [0, 0.05) is 18.2 Å². The van der Waals surface area contributed by atoms with Crippen molar-refractivity contribution in [2.75, 3.05) is 5.75 Å². The Morgan fingerprint density at radius 1 is 1.44 bits per heavy atom. The Balaban J connectivity index is 2.77. The fourth-order valence-corrected chi connectivity index (χ4v) is 2.06.